The second-order valence-electron chi connectivity index (χ2n) is 5.62. The molecular formula is C19H19N3O2. The van der Waals surface area contributed by atoms with E-state index < -0.39 is 0 Å². The third kappa shape index (κ3) is 3.81. The first kappa shape index (κ1) is 15.8. The van der Waals surface area contributed by atoms with Crippen LogP contribution in [-0.2, 0) is 6.61 Å². The Kier molecular flexibility index (Phi) is 4.61. The van der Waals surface area contributed by atoms with Crippen LogP contribution in [0.5, 0.6) is 5.75 Å². The lowest BCUT2D eigenvalue weighted by atomic mass is 10.2. The molecule has 5 nitrogen and oxygen atoms in total. The second kappa shape index (κ2) is 7.00. The predicted molar refractivity (Wildman–Crippen MR) is 93.2 cm³/mol. The predicted octanol–water partition coefficient (Wildman–Crippen LogP) is 3.86. The Morgan fingerprint density at radius 1 is 1.21 bits per heavy atom. The Labute approximate surface area is 140 Å². The van der Waals surface area contributed by atoms with E-state index in [1.807, 2.05) is 56.3 Å². The largest absolute Gasteiger partial charge is 0.489 e. The van der Waals surface area contributed by atoms with Crippen molar-refractivity contribution >= 4 is 11.6 Å². The second-order valence-corrected chi connectivity index (χ2v) is 5.62. The molecule has 0 radical (unpaired) electrons. The van der Waals surface area contributed by atoms with Gasteiger partial charge in [-0.2, -0.15) is 0 Å². The first-order valence-electron chi connectivity index (χ1n) is 7.71. The van der Waals surface area contributed by atoms with Crippen LogP contribution in [0.15, 0.2) is 54.9 Å². The van der Waals surface area contributed by atoms with Crippen LogP contribution in [0.1, 0.15) is 27.3 Å². The molecule has 24 heavy (non-hydrogen) atoms. The van der Waals surface area contributed by atoms with E-state index in [0.717, 1.165) is 17.0 Å². The maximum Gasteiger partial charge on any atom is 0.257 e. The zero-order valence-corrected chi connectivity index (χ0v) is 13.7. The number of nitrogens with one attached hydrogen (secondary N) is 2. The van der Waals surface area contributed by atoms with Gasteiger partial charge in [0.1, 0.15) is 12.4 Å². The smallest absolute Gasteiger partial charge is 0.257 e. The van der Waals surface area contributed by atoms with Crippen molar-refractivity contribution in [3.05, 3.63) is 77.4 Å². The Hall–Kier alpha value is -3.08. The summed E-state index contributed by atoms with van der Waals surface area (Å²) in [6, 6.07) is 13.0. The number of anilines is 1. The molecule has 1 aromatic carbocycles. The number of aromatic nitrogens is 2. The number of carbonyl (C=O) groups is 1. The Morgan fingerprint density at radius 3 is 2.79 bits per heavy atom. The van der Waals surface area contributed by atoms with Gasteiger partial charge in [0.15, 0.2) is 0 Å². The maximum absolute atomic E-state index is 12.4. The summed E-state index contributed by atoms with van der Waals surface area (Å²) < 4.78 is 5.75. The van der Waals surface area contributed by atoms with Crippen LogP contribution >= 0.6 is 0 Å². The van der Waals surface area contributed by atoms with Crippen LogP contribution < -0.4 is 10.1 Å². The van der Waals surface area contributed by atoms with Crippen LogP contribution in [0.4, 0.5) is 5.69 Å². The van der Waals surface area contributed by atoms with Crippen molar-refractivity contribution in [3.63, 3.8) is 0 Å². The molecule has 0 aliphatic rings. The molecule has 2 heterocycles. The molecular weight excluding hydrogens is 302 g/mol. The van der Waals surface area contributed by atoms with Crippen molar-refractivity contribution in [2.75, 3.05) is 5.32 Å². The van der Waals surface area contributed by atoms with E-state index in [9.17, 15) is 4.79 Å². The zero-order chi connectivity index (χ0) is 16.9. The van der Waals surface area contributed by atoms with E-state index in [2.05, 4.69) is 15.3 Å². The van der Waals surface area contributed by atoms with Crippen molar-refractivity contribution < 1.29 is 9.53 Å². The monoisotopic (exact) mass is 321 g/mol. The number of H-pyrrole nitrogens is 1. The van der Waals surface area contributed by atoms with Crippen molar-refractivity contribution in [1.82, 2.24) is 9.97 Å². The summed E-state index contributed by atoms with van der Waals surface area (Å²) in [6.45, 7) is 4.24. The van der Waals surface area contributed by atoms with Crippen LogP contribution in [0.3, 0.4) is 0 Å². The molecule has 0 saturated heterocycles. The van der Waals surface area contributed by atoms with Gasteiger partial charge in [-0.3, -0.25) is 9.78 Å². The van der Waals surface area contributed by atoms with E-state index in [-0.39, 0.29) is 5.91 Å². The molecule has 2 aromatic heterocycles. The minimum Gasteiger partial charge on any atom is -0.489 e. The summed E-state index contributed by atoms with van der Waals surface area (Å²) in [5.74, 6) is 0.555. The molecule has 3 rings (SSSR count). The number of amides is 1. The number of pyridine rings is 1. The normalized spacial score (nSPS) is 10.4. The third-order valence-corrected chi connectivity index (χ3v) is 3.61. The van der Waals surface area contributed by atoms with Crippen LogP contribution in [0.2, 0.25) is 0 Å². The number of hydrogen-bond donors (Lipinski definition) is 2. The average molecular weight is 321 g/mol. The van der Waals surface area contributed by atoms with Crippen molar-refractivity contribution in [2.45, 2.75) is 20.5 Å². The number of aryl methyl sites for hydroxylation is 2. The lowest BCUT2D eigenvalue weighted by Crippen LogP contribution is -2.12. The highest BCUT2D eigenvalue weighted by Gasteiger charge is 2.12. The Morgan fingerprint density at radius 2 is 2.08 bits per heavy atom. The molecule has 0 aliphatic carbocycles. The number of hydrogen-bond acceptors (Lipinski definition) is 3. The molecule has 5 heteroatoms. The summed E-state index contributed by atoms with van der Waals surface area (Å²) in [5, 5.41) is 2.90. The Balaban J connectivity index is 1.67. The maximum atomic E-state index is 12.4. The highest BCUT2D eigenvalue weighted by atomic mass is 16.5. The topological polar surface area (TPSA) is 67.0 Å². The van der Waals surface area contributed by atoms with Crippen LogP contribution in [0.25, 0.3) is 0 Å². The standard InChI is InChI=1S/C19H19N3O2/c1-13-9-18(14(2)21-13)19(23)22-16-6-3-7-17(10-16)24-12-15-5-4-8-20-11-15/h3-11,21H,12H2,1-2H3,(H,22,23). The van der Waals surface area contributed by atoms with Gasteiger partial charge in [0, 0.05) is 41.1 Å². The van der Waals surface area contributed by atoms with E-state index >= 15 is 0 Å². The van der Waals surface area contributed by atoms with Gasteiger partial charge in [-0.15, -0.1) is 0 Å². The molecule has 0 atom stereocenters. The van der Waals surface area contributed by atoms with E-state index in [4.69, 9.17) is 4.74 Å². The number of benzene rings is 1. The zero-order valence-electron chi connectivity index (χ0n) is 13.7. The number of rotatable bonds is 5. The highest BCUT2D eigenvalue weighted by molar-refractivity contribution is 6.05. The van der Waals surface area contributed by atoms with Crippen LogP contribution in [0, 0.1) is 13.8 Å². The molecule has 0 saturated carbocycles. The van der Waals surface area contributed by atoms with Gasteiger partial charge >= 0.3 is 0 Å². The first-order chi connectivity index (χ1) is 11.6. The lowest BCUT2D eigenvalue weighted by Gasteiger charge is -2.09. The van der Waals surface area contributed by atoms with Crippen molar-refractivity contribution in [2.24, 2.45) is 0 Å². The molecule has 2 N–H and O–H groups in total. The van der Waals surface area contributed by atoms with E-state index in [1.54, 1.807) is 12.4 Å². The highest BCUT2D eigenvalue weighted by Crippen LogP contribution is 2.20. The molecule has 3 aromatic rings. The first-order valence-corrected chi connectivity index (χ1v) is 7.71. The van der Waals surface area contributed by atoms with Crippen molar-refractivity contribution in [1.29, 1.82) is 0 Å². The lowest BCUT2D eigenvalue weighted by molar-refractivity contribution is 0.102. The number of carbonyl (C=O) groups excluding carboxylic acids is 1. The third-order valence-electron chi connectivity index (χ3n) is 3.61. The quantitative estimate of drug-likeness (QED) is 0.750. The molecule has 0 bridgehead atoms. The SMILES string of the molecule is Cc1cc(C(=O)Nc2cccc(OCc3cccnc3)c2)c(C)[nH]1. The van der Waals surface area contributed by atoms with Crippen LogP contribution in [-0.4, -0.2) is 15.9 Å². The Bertz CT molecular complexity index is 841. The molecule has 0 fully saturated rings. The fourth-order valence-corrected chi connectivity index (χ4v) is 2.47. The van der Waals surface area contributed by atoms with Gasteiger partial charge in [0.2, 0.25) is 0 Å². The van der Waals surface area contributed by atoms with Gasteiger partial charge in [0.05, 0.1) is 5.56 Å². The summed E-state index contributed by atoms with van der Waals surface area (Å²) in [7, 11) is 0. The number of aromatic amines is 1. The van der Waals surface area contributed by atoms with Crippen molar-refractivity contribution in [3.8, 4) is 5.75 Å². The van der Waals surface area contributed by atoms with Gasteiger partial charge in [-0.1, -0.05) is 12.1 Å². The average Bonchev–Trinajstić information content (AvgIpc) is 2.93. The molecule has 122 valence electrons. The summed E-state index contributed by atoms with van der Waals surface area (Å²) >= 11 is 0. The molecule has 0 aliphatic heterocycles. The molecule has 1 amide bonds. The van der Waals surface area contributed by atoms with E-state index in [1.165, 1.54) is 0 Å². The molecule has 0 unspecified atom stereocenters. The summed E-state index contributed by atoms with van der Waals surface area (Å²) in [4.78, 5) is 19.5. The minimum atomic E-state index is -0.138. The molecule has 0 spiro atoms. The number of nitrogens with zero attached hydrogens (tertiary/aromatic N) is 1. The fraction of sp³-hybridized carbons (Fsp3) is 0.158. The van der Waals surface area contributed by atoms with Gasteiger partial charge in [0.25, 0.3) is 5.91 Å². The fourth-order valence-electron chi connectivity index (χ4n) is 2.47. The summed E-state index contributed by atoms with van der Waals surface area (Å²) in [6.07, 6.45) is 3.49. The van der Waals surface area contributed by atoms with Gasteiger partial charge in [-0.25, -0.2) is 0 Å². The van der Waals surface area contributed by atoms with Gasteiger partial charge < -0.3 is 15.0 Å². The number of ether oxygens (including phenoxy) is 1. The summed E-state index contributed by atoms with van der Waals surface area (Å²) in [5.41, 5.74) is 4.15. The van der Waals surface area contributed by atoms with E-state index in [0.29, 0.717) is 23.6 Å². The minimum absolute atomic E-state index is 0.138. The van der Waals surface area contributed by atoms with Gasteiger partial charge in [-0.05, 0) is 38.1 Å².